The number of nitrogens with two attached hydrogens (primary N) is 1. The van der Waals surface area contributed by atoms with Crippen molar-refractivity contribution in [1.29, 1.82) is 0 Å². The highest BCUT2D eigenvalue weighted by Gasteiger charge is 2.32. The molecule has 1 amide bonds. The quantitative estimate of drug-likeness (QED) is 0.749. The van der Waals surface area contributed by atoms with E-state index in [1.807, 2.05) is 23.1 Å². The number of carbonyl (C=O) groups is 1. The zero-order chi connectivity index (χ0) is 18.1. The molecule has 26 heavy (non-hydrogen) atoms. The van der Waals surface area contributed by atoms with Crippen molar-refractivity contribution in [1.82, 2.24) is 9.97 Å². The molecule has 2 aromatic heterocycles. The van der Waals surface area contributed by atoms with E-state index < -0.39 is 0 Å². The van der Waals surface area contributed by atoms with Gasteiger partial charge in [-0.1, -0.05) is 30.3 Å². The molecule has 1 unspecified atom stereocenters. The third kappa shape index (κ3) is 2.93. The van der Waals surface area contributed by atoms with Gasteiger partial charge in [0.1, 0.15) is 23.3 Å². The lowest BCUT2D eigenvalue weighted by Crippen LogP contribution is -2.41. The lowest BCUT2D eigenvalue weighted by molar-refractivity contribution is -0.119. The molecular formula is C19H20N4O2S. The van der Waals surface area contributed by atoms with Gasteiger partial charge >= 0.3 is 0 Å². The highest BCUT2D eigenvalue weighted by Crippen LogP contribution is 2.40. The summed E-state index contributed by atoms with van der Waals surface area (Å²) < 4.78 is 5.23. The van der Waals surface area contributed by atoms with Crippen LogP contribution in [0.3, 0.4) is 0 Å². The van der Waals surface area contributed by atoms with Crippen LogP contribution >= 0.6 is 11.3 Å². The van der Waals surface area contributed by atoms with Crippen LogP contribution in [0.25, 0.3) is 21.3 Å². The summed E-state index contributed by atoms with van der Waals surface area (Å²) in [5, 5.41) is 3.08. The summed E-state index contributed by atoms with van der Waals surface area (Å²) in [5.74, 6) is 1.09. The number of rotatable bonds is 5. The molecule has 4 rings (SSSR count). The van der Waals surface area contributed by atoms with E-state index in [9.17, 15) is 4.79 Å². The second-order valence-corrected chi connectivity index (χ2v) is 7.20. The van der Waals surface area contributed by atoms with Gasteiger partial charge in [0.2, 0.25) is 5.91 Å². The normalized spacial score (nSPS) is 17.1. The molecule has 1 fully saturated rings. The van der Waals surface area contributed by atoms with Gasteiger partial charge in [-0.2, -0.15) is 0 Å². The van der Waals surface area contributed by atoms with Crippen molar-refractivity contribution < 1.29 is 9.53 Å². The van der Waals surface area contributed by atoms with Crippen LogP contribution < -0.4 is 10.6 Å². The molecule has 0 saturated carbocycles. The maximum Gasteiger partial charge on any atom is 0.240 e. The number of hydrogen-bond donors (Lipinski definition) is 1. The van der Waals surface area contributed by atoms with Crippen LogP contribution in [-0.2, 0) is 16.1 Å². The minimum Gasteiger partial charge on any atom is -0.377 e. The second kappa shape index (κ2) is 7.01. The Morgan fingerprint density at radius 3 is 2.88 bits per heavy atom. The molecule has 0 spiro atoms. The fraction of sp³-hybridized carbons (Fsp3) is 0.316. The van der Waals surface area contributed by atoms with Crippen molar-refractivity contribution in [2.45, 2.75) is 25.5 Å². The Morgan fingerprint density at radius 1 is 1.35 bits per heavy atom. The first-order chi connectivity index (χ1) is 12.7. The van der Waals surface area contributed by atoms with Gasteiger partial charge in [-0.15, -0.1) is 11.3 Å². The third-order valence-electron chi connectivity index (χ3n) is 4.67. The molecule has 134 valence electrons. The second-order valence-electron chi connectivity index (χ2n) is 6.35. The standard InChI is InChI=1S/C19H20N4O2S/c1-25-10-15-21-18(23-9-5-8-14(23)17(20)24)16-13(11-26-19(16)22-15)12-6-3-2-4-7-12/h2-4,6-7,11,14H,5,8-10H2,1H3,(H2,20,24). The predicted molar refractivity (Wildman–Crippen MR) is 103 cm³/mol. The van der Waals surface area contributed by atoms with E-state index in [1.54, 1.807) is 18.4 Å². The molecular weight excluding hydrogens is 348 g/mol. The summed E-state index contributed by atoms with van der Waals surface area (Å²) in [7, 11) is 1.62. The lowest BCUT2D eigenvalue weighted by atomic mass is 10.1. The number of fused-ring (bicyclic) bond motifs is 1. The van der Waals surface area contributed by atoms with Crippen LogP contribution in [0.4, 0.5) is 5.82 Å². The number of thiophene rings is 1. The summed E-state index contributed by atoms with van der Waals surface area (Å²) in [6, 6.07) is 9.84. The smallest absolute Gasteiger partial charge is 0.240 e. The van der Waals surface area contributed by atoms with Crippen molar-refractivity contribution in [2.24, 2.45) is 5.73 Å². The Bertz CT molecular complexity index is 941. The van der Waals surface area contributed by atoms with Crippen molar-refractivity contribution in [3.05, 3.63) is 41.5 Å². The van der Waals surface area contributed by atoms with E-state index in [2.05, 4.69) is 22.5 Å². The first kappa shape index (κ1) is 16.9. The van der Waals surface area contributed by atoms with Crippen LogP contribution in [0.15, 0.2) is 35.7 Å². The Labute approximate surface area is 155 Å². The average molecular weight is 368 g/mol. The number of amides is 1. The number of methoxy groups -OCH3 is 1. The molecule has 0 bridgehead atoms. The number of hydrogen-bond acceptors (Lipinski definition) is 6. The van der Waals surface area contributed by atoms with Crippen molar-refractivity contribution in [3.8, 4) is 11.1 Å². The molecule has 1 aromatic carbocycles. The van der Waals surface area contributed by atoms with Gasteiger partial charge in [0.25, 0.3) is 0 Å². The summed E-state index contributed by atoms with van der Waals surface area (Å²) in [5.41, 5.74) is 7.84. The van der Waals surface area contributed by atoms with Crippen molar-refractivity contribution >= 4 is 33.3 Å². The fourth-order valence-corrected chi connectivity index (χ4v) is 4.47. The molecule has 2 N–H and O–H groups in total. The molecule has 0 aliphatic carbocycles. The summed E-state index contributed by atoms with van der Waals surface area (Å²) >= 11 is 1.58. The summed E-state index contributed by atoms with van der Waals surface area (Å²) in [4.78, 5) is 24.3. The number of aromatic nitrogens is 2. The topological polar surface area (TPSA) is 81.3 Å². The van der Waals surface area contributed by atoms with Crippen LogP contribution in [0.5, 0.6) is 0 Å². The zero-order valence-corrected chi connectivity index (χ0v) is 15.3. The van der Waals surface area contributed by atoms with E-state index in [1.165, 1.54) is 0 Å². The average Bonchev–Trinajstić information content (AvgIpc) is 3.29. The first-order valence-electron chi connectivity index (χ1n) is 8.57. The van der Waals surface area contributed by atoms with Gasteiger partial charge < -0.3 is 15.4 Å². The van der Waals surface area contributed by atoms with E-state index in [4.69, 9.17) is 15.5 Å². The maximum absolute atomic E-state index is 11.9. The Morgan fingerprint density at radius 2 is 2.15 bits per heavy atom. The zero-order valence-electron chi connectivity index (χ0n) is 14.5. The van der Waals surface area contributed by atoms with Crippen LogP contribution in [0.2, 0.25) is 0 Å². The van der Waals surface area contributed by atoms with Crippen LogP contribution in [-0.4, -0.2) is 35.6 Å². The lowest BCUT2D eigenvalue weighted by Gasteiger charge is -2.24. The fourth-order valence-electron chi connectivity index (χ4n) is 3.51. The Hall–Kier alpha value is -2.51. The van der Waals surface area contributed by atoms with E-state index in [0.29, 0.717) is 12.4 Å². The highest BCUT2D eigenvalue weighted by atomic mass is 32.1. The minimum atomic E-state index is -0.327. The molecule has 1 aliphatic heterocycles. The third-order valence-corrected chi connectivity index (χ3v) is 5.54. The Kier molecular flexibility index (Phi) is 4.57. The number of primary amides is 1. The number of benzene rings is 1. The molecule has 1 saturated heterocycles. The van der Waals surface area contributed by atoms with Gasteiger partial charge in [0, 0.05) is 24.6 Å². The van der Waals surface area contributed by atoms with Crippen molar-refractivity contribution in [2.75, 3.05) is 18.6 Å². The highest BCUT2D eigenvalue weighted by molar-refractivity contribution is 7.17. The molecule has 3 aromatic rings. The number of carbonyl (C=O) groups excluding carboxylic acids is 1. The number of nitrogens with zero attached hydrogens (tertiary/aromatic N) is 3. The molecule has 3 heterocycles. The number of ether oxygens (including phenoxy) is 1. The van der Waals surface area contributed by atoms with Gasteiger partial charge in [-0.3, -0.25) is 4.79 Å². The Balaban J connectivity index is 1.93. The molecule has 1 aliphatic rings. The summed E-state index contributed by atoms with van der Waals surface area (Å²) in [6.45, 7) is 1.09. The molecule has 7 heteroatoms. The number of anilines is 1. The van der Waals surface area contributed by atoms with E-state index in [-0.39, 0.29) is 11.9 Å². The minimum absolute atomic E-state index is 0.306. The molecule has 6 nitrogen and oxygen atoms in total. The van der Waals surface area contributed by atoms with Gasteiger partial charge in [-0.05, 0) is 18.4 Å². The monoisotopic (exact) mass is 368 g/mol. The SMILES string of the molecule is COCc1nc(N2CCCC2C(N)=O)c2c(-c3ccccc3)csc2n1. The predicted octanol–water partition coefficient (Wildman–Crippen LogP) is 2.96. The largest absolute Gasteiger partial charge is 0.377 e. The van der Waals surface area contributed by atoms with Gasteiger partial charge in [-0.25, -0.2) is 9.97 Å². The van der Waals surface area contributed by atoms with Gasteiger partial charge in [0.15, 0.2) is 5.82 Å². The molecule has 1 atom stereocenters. The summed E-state index contributed by atoms with van der Waals surface area (Å²) in [6.07, 6.45) is 1.68. The van der Waals surface area contributed by atoms with Crippen LogP contribution in [0.1, 0.15) is 18.7 Å². The van der Waals surface area contributed by atoms with E-state index >= 15 is 0 Å². The van der Waals surface area contributed by atoms with Crippen molar-refractivity contribution in [3.63, 3.8) is 0 Å². The van der Waals surface area contributed by atoms with Gasteiger partial charge in [0.05, 0.1) is 5.39 Å². The van der Waals surface area contributed by atoms with Crippen LogP contribution in [0, 0.1) is 0 Å². The molecule has 0 radical (unpaired) electrons. The maximum atomic E-state index is 11.9. The van der Waals surface area contributed by atoms with E-state index in [0.717, 1.165) is 46.5 Å². The first-order valence-corrected chi connectivity index (χ1v) is 9.45.